The summed E-state index contributed by atoms with van der Waals surface area (Å²) in [5, 5.41) is 4.38. The summed E-state index contributed by atoms with van der Waals surface area (Å²) >= 11 is 3.49. The largest absolute Gasteiger partial charge is 0.485 e. The van der Waals surface area contributed by atoms with Crippen molar-refractivity contribution in [1.82, 2.24) is 9.78 Å². The van der Waals surface area contributed by atoms with Gasteiger partial charge in [-0.15, -0.1) is 0 Å². The van der Waals surface area contributed by atoms with Crippen LogP contribution in [-0.4, -0.2) is 9.78 Å². The molecule has 2 aromatic rings. The van der Waals surface area contributed by atoms with E-state index in [0.717, 1.165) is 22.4 Å². The number of hydrogen-bond donors (Lipinski definition) is 1. The molecule has 0 unspecified atom stereocenters. The van der Waals surface area contributed by atoms with Crippen LogP contribution in [-0.2, 0) is 13.2 Å². The summed E-state index contributed by atoms with van der Waals surface area (Å²) in [6.45, 7) is 5.01. The number of aromatic nitrogens is 2. The average molecular weight is 328 g/mol. The first-order chi connectivity index (χ1) is 9.02. The molecule has 1 aromatic heterocycles. The summed E-state index contributed by atoms with van der Waals surface area (Å²) in [6.07, 6.45) is 0. The predicted molar refractivity (Wildman–Crippen MR) is 75.5 cm³/mol. The molecule has 19 heavy (non-hydrogen) atoms. The van der Waals surface area contributed by atoms with E-state index in [-0.39, 0.29) is 11.5 Å². The van der Waals surface area contributed by atoms with Gasteiger partial charge in [0, 0.05) is 12.6 Å². The lowest BCUT2D eigenvalue weighted by atomic mass is 10.3. The van der Waals surface area contributed by atoms with Gasteiger partial charge < -0.3 is 10.5 Å². The van der Waals surface area contributed by atoms with Crippen molar-refractivity contribution in [3.63, 3.8) is 0 Å². The van der Waals surface area contributed by atoms with Gasteiger partial charge in [-0.2, -0.15) is 5.10 Å². The predicted octanol–water partition coefficient (Wildman–Crippen LogP) is 3.27. The van der Waals surface area contributed by atoms with Gasteiger partial charge in [-0.25, -0.2) is 4.39 Å². The normalized spacial score (nSPS) is 10.7. The number of nitrogens with two attached hydrogens (primary N) is 1. The molecule has 0 fully saturated rings. The summed E-state index contributed by atoms with van der Waals surface area (Å²) in [7, 11) is 0. The van der Waals surface area contributed by atoms with Gasteiger partial charge in [-0.05, 0) is 41.9 Å². The second-order valence-corrected chi connectivity index (χ2v) is 4.93. The van der Waals surface area contributed by atoms with Gasteiger partial charge >= 0.3 is 0 Å². The minimum Gasteiger partial charge on any atom is -0.485 e. The molecule has 0 atom stereocenters. The van der Waals surface area contributed by atoms with E-state index in [4.69, 9.17) is 10.5 Å². The Kier molecular flexibility index (Phi) is 4.09. The molecule has 4 nitrogen and oxygen atoms in total. The highest BCUT2D eigenvalue weighted by Crippen LogP contribution is 2.26. The molecule has 1 aromatic carbocycles. The van der Waals surface area contributed by atoms with E-state index in [9.17, 15) is 4.39 Å². The summed E-state index contributed by atoms with van der Waals surface area (Å²) in [4.78, 5) is 0. The molecule has 102 valence electrons. The molecule has 0 aliphatic carbocycles. The maximum absolute atomic E-state index is 12.9. The van der Waals surface area contributed by atoms with Crippen molar-refractivity contribution < 1.29 is 9.13 Å². The number of nitrogen functional groups attached to an aromatic ring is 1. The first-order valence-corrected chi connectivity index (χ1v) is 6.71. The van der Waals surface area contributed by atoms with Crippen LogP contribution in [0.3, 0.4) is 0 Å². The van der Waals surface area contributed by atoms with E-state index >= 15 is 0 Å². The van der Waals surface area contributed by atoms with Gasteiger partial charge in [0.05, 0.1) is 21.5 Å². The number of ether oxygens (including phenoxy) is 1. The van der Waals surface area contributed by atoms with Crippen molar-refractivity contribution in [2.24, 2.45) is 0 Å². The van der Waals surface area contributed by atoms with E-state index in [0.29, 0.717) is 12.4 Å². The monoisotopic (exact) mass is 327 g/mol. The molecular formula is C13H15BrFN3O. The zero-order valence-electron chi connectivity index (χ0n) is 10.8. The minimum atomic E-state index is -0.375. The van der Waals surface area contributed by atoms with Crippen LogP contribution in [0.15, 0.2) is 22.7 Å². The molecule has 1 heterocycles. The molecule has 0 aliphatic heterocycles. The van der Waals surface area contributed by atoms with E-state index in [1.54, 1.807) is 0 Å². The zero-order valence-corrected chi connectivity index (χ0v) is 12.4. The van der Waals surface area contributed by atoms with Crippen LogP contribution in [0.1, 0.15) is 18.3 Å². The first-order valence-electron chi connectivity index (χ1n) is 5.92. The highest BCUT2D eigenvalue weighted by Gasteiger charge is 2.13. The lowest BCUT2D eigenvalue weighted by molar-refractivity contribution is 0.293. The molecule has 0 radical (unpaired) electrons. The van der Waals surface area contributed by atoms with Gasteiger partial charge in [0.2, 0.25) is 0 Å². The van der Waals surface area contributed by atoms with E-state index in [1.165, 1.54) is 18.2 Å². The van der Waals surface area contributed by atoms with Crippen LogP contribution in [0.2, 0.25) is 0 Å². The Morgan fingerprint density at radius 2 is 2.21 bits per heavy atom. The van der Waals surface area contributed by atoms with E-state index in [2.05, 4.69) is 21.0 Å². The Morgan fingerprint density at radius 3 is 2.84 bits per heavy atom. The third-order valence-corrected chi connectivity index (χ3v) is 3.82. The summed E-state index contributed by atoms with van der Waals surface area (Å²) in [6, 6.07) is 4.09. The smallest absolute Gasteiger partial charge is 0.142 e. The topological polar surface area (TPSA) is 53.1 Å². The summed E-state index contributed by atoms with van der Waals surface area (Å²) < 4.78 is 21.4. The Balaban J connectivity index is 2.18. The number of benzene rings is 1. The molecule has 2 N–H and O–H groups in total. The van der Waals surface area contributed by atoms with Crippen molar-refractivity contribution in [3.8, 4) is 5.75 Å². The number of anilines is 1. The minimum absolute atomic E-state index is 0.287. The maximum Gasteiger partial charge on any atom is 0.142 e. The van der Waals surface area contributed by atoms with Gasteiger partial charge in [-0.1, -0.05) is 0 Å². The van der Waals surface area contributed by atoms with Crippen molar-refractivity contribution >= 4 is 21.6 Å². The lowest BCUT2D eigenvalue weighted by Crippen LogP contribution is -2.07. The third-order valence-electron chi connectivity index (χ3n) is 2.79. The number of nitrogens with zero attached hydrogens (tertiary/aromatic N) is 2. The molecule has 0 aliphatic rings. The highest BCUT2D eigenvalue weighted by atomic mass is 79.9. The molecule has 0 bridgehead atoms. The quantitative estimate of drug-likeness (QED) is 0.877. The molecule has 0 spiro atoms. The third kappa shape index (κ3) is 2.89. The summed E-state index contributed by atoms with van der Waals surface area (Å²) in [5.41, 5.74) is 7.83. The lowest BCUT2D eigenvalue weighted by Gasteiger charge is -2.10. The SMILES string of the molecule is CCn1nc(C)c(Br)c1COc1ccc(F)cc1N. The maximum atomic E-state index is 12.9. The number of rotatable bonds is 4. The highest BCUT2D eigenvalue weighted by molar-refractivity contribution is 9.10. The molecular weight excluding hydrogens is 313 g/mol. The van der Waals surface area contributed by atoms with Gasteiger partial charge in [0.25, 0.3) is 0 Å². The van der Waals surface area contributed by atoms with Crippen LogP contribution in [0.4, 0.5) is 10.1 Å². The Labute approximate surface area is 119 Å². The van der Waals surface area contributed by atoms with Crippen molar-refractivity contribution in [1.29, 1.82) is 0 Å². The fourth-order valence-corrected chi connectivity index (χ4v) is 2.20. The van der Waals surface area contributed by atoms with Crippen LogP contribution < -0.4 is 10.5 Å². The second kappa shape index (κ2) is 5.61. The Hall–Kier alpha value is -1.56. The molecule has 2 rings (SSSR count). The van der Waals surface area contributed by atoms with E-state index in [1.807, 2.05) is 18.5 Å². The molecule has 0 saturated heterocycles. The Bertz CT molecular complexity index is 598. The first kappa shape index (κ1) is 13.9. The van der Waals surface area contributed by atoms with Crippen molar-refractivity contribution in [3.05, 3.63) is 39.9 Å². The standard InChI is InChI=1S/C13H15BrFN3O/c1-3-18-11(13(14)8(2)17-18)7-19-12-5-4-9(15)6-10(12)16/h4-6H,3,7,16H2,1-2H3. The fourth-order valence-electron chi connectivity index (χ4n) is 1.80. The number of halogens is 2. The molecule has 0 saturated carbocycles. The van der Waals surface area contributed by atoms with Crippen LogP contribution >= 0.6 is 15.9 Å². The second-order valence-electron chi connectivity index (χ2n) is 4.13. The fraction of sp³-hybridized carbons (Fsp3) is 0.308. The molecule has 0 amide bonds. The molecule has 6 heteroatoms. The average Bonchev–Trinajstić information content (AvgIpc) is 2.65. The van der Waals surface area contributed by atoms with Crippen molar-refractivity contribution in [2.75, 3.05) is 5.73 Å². The summed E-state index contributed by atoms with van der Waals surface area (Å²) in [5.74, 6) is 0.0929. The van der Waals surface area contributed by atoms with Crippen LogP contribution in [0.25, 0.3) is 0 Å². The zero-order chi connectivity index (χ0) is 14.0. The Morgan fingerprint density at radius 1 is 1.47 bits per heavy atom. The van der Waals surface area contributed by atoms with Crippen LogP contribution in [0.5, 0.6) is 5.75 Å². The number of aryl methyl sites for hydroxylation is 2. The van der Waals surface area contributed by atoms with Crippen LogP contribution in [0, 0.1) is 12.7 Å². The van der Waals surface area contributed by atoms with E-state index < -0.39 is 0 Å². The van der Waals surface area contributed by atoms with Crippen molar-refractivity contribution in [2.45, 2.75) is 27.0 Å². The van der Waals surface area contributed by atoms with Gasteiger partial charge in [0.15, 0.2) is 0 Å². The van der Waals surface area contributed by atoms with Gasteiger partial charge in [0.1, 0.15) is 18.2 Å². The number of hydrogen-bond acceptors (Lipinski definition) is 3. The van der Waals surface area contributed by atoms with Gasteiger partial charge in [-0.3, -0.25) is 4.68 Å².